The van der Waals surface area contributed by atoms with E-state index in [0.29, 0.717) is 6.54 Å². The summed E-state index contributed by atoms with van der Waals surface area (Å²) in [5, 5.41) is 12.2. The van der Waals surface area contributed by atoms with Crippen LogP contribution in [0.4, 0.5) is 0 Å². The molecule has 0 radical (unpaired) electrons. The van der Waals surface area contributed by atoms with E-state index in [1.54, 1.807) is 6.92 Å². The van der Waals surface area contributed by atoms with E-state index in [4.69, 9.17) is 5.73 Å². The Morgan fingerprint density at radius 2 is 1.85 bits per heavy atom. The van der Waals surface area contributed by atoms with Crippen molar-refractivity contribution in [2.24, 2.45) is 11.7 Å². The molecule has 0 bridgehead atoms. The van der Waals surface area contributed by atoms with E-state index in [1.807, 2.05) is 38.1 Å². The number of aliphatic hydroxyl groups excluding tert-OH is 1. The van der Waals surface area contributed by atoms with E-state index >= 15 is 0 Å². The second kappa shape index (κ2) is 8.95. The first-order valence-corrected chi connectivity index (χ1v) is 6.75. The number of carbonyl (C=O) groups excluding carboxylic acids is 1. The molecule has 0 fully saturated rings. The van der Waals surface area contributed by atoms with Crippen LogP contribution in [0.1, 0.15) is 44.4 Å². The van der Waals surface area contributed by atoms with Crippen molar-refractivity contribution in [1.82, 2.24) is 5.32 Å². The third-order valence-corrected chi connectivity index (χ3v) is 3.49. The quantitative estimate of drug-likeness (QED) is 0.753. The molecule has 0 saturated heterocycles. The molecule has 0 heterocycles. The van der Waals surface area contributed by atoms with Gasteiger partial charge in [-0.1, -0.05) is 44.5 Å². The lowest BCUT2D eigenvalue weighted by Gasteiger charge is -2.17. The van der Waals surface area contributed by atoms with Crippen LogP contribution < -0.4 is 11.1 Å². The van der Waals surface area contributed by atoms with E-state index in [0.717, 1.165) is 17.5 Å². The van der Waals surface area contributed by atoms with Gasteiger partial charge in [-0.15, -0.1) is 12.4 Å². The van der Waals surface area contributed by atoms with E-state index in [9.17, 15) is 9.90 Å². The Morgan fingerprint density at radius 1 is 1.30 bits per heavy atom. The number of benzene rings is 1. The van der Waals surface area contributed by atoms with Crippen molar-refractivity contribution in [2.75, 3.05) is 0 Å². The van der Waals surface area contributed by atoms with Gasteiger partial charge in [0.05, 0.1) is 12.1 Å². The van der Waals surface area contributed by atoms with Crippen molar-refractivity contribution in [3.63, 3.8) is 0 Å². The van der Waals surface area contributed by atoms with Gasteiger partial charge in [0.25, 0.3) is 0 Å². The van der Waals surface area contributed by atoms with Gasteiger partial charge >= 0.3 is 0 Å². The number of halogens is 1. The third kappa shape index (κ3) is 5.49. The highest BCUT2D eigenvalue weighted by molar-refractivity contribution is 5.85. The molecule has 1 aromatic carbocycles. The zero-order chi connectivity index (χ0) is 14.4. The second-order valence-corrected chi connectivity index (χ2v) is 5.05. The average Bonchev–Trinajstić information content (AvgIpc) is 2.43. The fourth-order valence-electron chi connectivity index (χ4n) is 1.73. The number of nitrogens with one attached hydrogen (secondary N) is 1. The lowest BCUT2D eigenvalue weighted by Crippen LogP contribution is -2.44. The molecule has 5 heteroatoms. The van der Waals surface area contributed by atoms with Gasteiger partial charge in [-0.25, -0.2) is 0 Å². The van der Waals surface area contributed by atoms with Crippen LogP contribution >= 0.6 is 12.4 Å². The molecule has 114 valence electrons. The standard InChI is InChI=1S/C15H24N2O2.ClH/c1-4-10(2)14(16)15(19)17-9-12-5-7-13(8-6-12)11(3)18;/h5-8,10-11,14,18H,4,9,16H2,1-3H3,(H,17,19);1H. The Kier molecular flexibility index (Phi) is 8.46. The zero-order valence-corrected chi connectivity index (χ0v) is 13.1. The topological polar surface area (TPSA) is 75.4 Å². The smallest absolute Gasteiger partial charge is 0.237 e. The molecule has 0 aromatic heterocycles. The Labute approximate surface area is 127 Å². The molecule has 0 aliphatic rings. The molecule has 4 N–H and O–H groups in total. The highest BCUT2D eigenvalue weighted by Crippen LogP contribution is 2.12. The maximum Gasteiger partial charge on any atom is 0.237 e. The van der Waals surface area contributed by atoms with Crippen LogP contribution in [-0.4, -0.2) is 17.1 Å². The second-order valence-electron chi connectivity index (χ2n) is 5.05. The minimum absolute atomic E-state index is 0. The third-order valence-electron chi connectivity index (χ3n) is 3.49. The number of carbonyl (C=O) groups is 1. The summed E-state index contributed by atoms with van der Waals surface area (Å²) in [5.74, 6) is 0.0616. The molecular formula is C15H25ClN2O2. The summed E-state index contributed by atoms with van der Waals surface area (Å²) in [6, 6.07) is 7.07. The van der Waals surface area contributed by atoms with Crippen molar-refractivity contribution >= 4 is 18.3 Å². The zero-order valence-electron chi connectivity index (χ0n) is 12.3. The molecule has 4 nitrogen and oxygen atoms in total. The van der Waals surface area contributed by atoms with E-state index < -0.39 is 12.1 Å². The summed E-state index contributed by atoms with van der Waals surface area (Å²) in [6.45, 7) is 6.18. The predicted molar refractivity (Wildman–Crippen MR) is 83.6 cm³/mol. The molecular weight excluding hydrogens is 276 g/mol. The summed E-state index contributed by atoms with van der Waals surface area (Å²) in [7, 11) is 0. The molecule has 0 spiro atoms. The normalized spacial score (nSPS) is 14.8. The number of hydrogen-bond donors (Lipinski definition) is 3. The number of nitrogens with two attached hydrogens (primary N) is 1. The maximum atomic E-state index is 11.8. The van der Waals surface area contributed by atoms with Gasteiger partial charge in [-0.05, 0) is 24.0 Å². The Hall–Kier alpha value is -1.10. The summed E-state index contributed by atoms with van der Waals surface area (Å²) in [4.78, 5) is 11.8. The molecule has 3 atom stereocenters. The lowest BCUT2D eigenvalue weighted by molar-refractivity contribution is -0.123. The molecule has 3 unspecified atom stereocenters. The first kappa shape index (κ1) is 18.9. The Balaban J connectivity index is 0.00000361. The van der Waals surface area contributed by atoms with Gasteiger partial charge in [0.15, 0.2) is 0 Å². The van der Waals surface area contributed by atoms with E-state index in [-0.39, 0.29) is 24.2 Å². The average molecular weight is 301 g/mol. The first-order valence-electron chi connectivity index (χ1n) is 6.75. The molecule has 0 aliphatic heterocycles. The van der Waals surface area contributed by atoms with Crippen molar-refractivity contribution in [3.05, 3.63) is 35.4 Å². The van der Waals surface area contributed by atoms with Crippen LogP contribution in [0.2, 0.25) is 0 Å². The number of aliphatic hydroxyl groups is 1. The minimum Gasteiger partial charge on any atom is -0.389 e. The van der Waals surface area contributed by atoms with Crippen molar-refractivity contribution in [3.8, 4) is 0 Å². The number of amides is 1. The summed E-state index contributed by atoms with van der Waals surface area (Å²) in [5.41, 5.74) is 7.72. The monoisotopic (exact) mass is 300 g/mol. The van der Waals surface area contributed by atoms with Gasteiger partial charge < -0.3 is 16.2 Å². The largest absolute Gasteiger partial charge is 0.389 e. The Morgan fingerprint density at radius 3 is 2.30 bits per heavy atom. The SMILES string of the molecule is CCC(C)C(N)C(=O)NCc1ccc(C(C)O)cc1.Cl. The molecule has 1 amide bonds. The molecule has 0 aliphatic carbocycles. The van der Waals surface area contributed by atoms with Crippen LogP contribution in [0.5, 0.6) is 0 Å². The first-order chi connectivity index (χ1) is 8.95. The summed E-state index contributed by atoms with van der Waals surface area (Å²) in [6.07, 6.45) is 0.417. The maximum absolute atomic E-state index is 11.8. The highest BCUT2D eigenvalue weighted by Gasteiger charge is 2.18. The minimum atomic E-state index is -0.470. The van der Waals surface area contributed by atoms with Gasteiger partial charge in [0, 0.05) is 6.54 Å². The predicted octanol–water partition coefficient (Wildman–Crippen LogP) is 2.15. The summed E-state index contributed by atoms with van der Waals surface area (Å²) < 4.78 is 0. The van der Waals surface area contributed by atoms with Crippen molar-refractivity contribution < 1.29 is 9.90 Å². The van der Waals surface area contributed by atoms with Gasteiger partial charge in [0.2, 0.25) is 5.91 Å². The van der Waals surface area contributed by atoms with Crippen LogP contribution in [0, 0.1) is 5.92 Å². The van der Waals surface area contributed by atoms with Gasteiger partial charge in [0.1, 0.15) is 0 Å². The van der Waals surface area contributed by atoms with Crippen molar-refractivity contribution in [1.29, 1.82) is 0 Å². The van der Waals surface area contributed by atoms with Crippen molar-refractivity contribution in [2.45, 2.75) is 45.9 Å². The number of rotatable bonds is 6. The number of hydrogen-bond acceptors (Lipinski definition) is 3. The van der Waals surface area contributed by atoms with Gasteiger partial charge in [-0.2, -0.15) is 0 Å². The highest BCUT2D eigenvalue weighted by atomic mass is 35.5. The fourth-order valence-corrected chi connectivity index (χ4v) is 1.73. The van der Waals surface area contributed by atoms with Crippen LogP contribution in [-0.2, 0) is 11.3 Å². The van der Waals surface area contributed by atoms with E-state index in [2.05, 4.69) is 5.32 Å². The molecule has 0 saturated carbocycles. The molecule has 20 heavy (non-hydrogen) atoms. The Bertz CT molecular complexity index is 407. The van der Waals surface area contributed by atoms with Crippen LogP contribution in [0.15, 0.2) is 24.3 Å². The van der Waals surface area contributed by atoms with E-state index in [1.165, 1.54) is 0 Å². The summed E-state index contributed by atoms with van der Waals surface area (Å²) >= 11 is 0. The van der Waals surface area contributed by atoms with Gasteiger partial charge in [-0.3, -0.25) is 4.79 Å². The molecule has 1 aromatic rings. The fraction of sp³-hybridized carbons (Fsp3) is 0.533. The van der Waals surface area contributed by atoms with Crippen LogP contribution in [0.25, 0.3) is 0 Å². The van der Waals surface area contributed by atoms with Crippen LogP contribution in [0.3, 0.4) is 0 Å². The lowest BCUT2D eigenvalue weighted by atomic mass is 9.99. The molecule has 1 rings (SSSR count).